The first kappa shape index (κ1) is 51.3. The first-order valence-electron chi connectivity index (χ1n) is 21.9. The van der Waals surface area contributed by atoms with Crippen molar-refractivity contribution in [1.82, 2.24) is 15.6 Å². The molecule has 2 aliphatic rings. The number of benzene rings is 2. The highest BCUT2D eigenvalue weighted by Gasteiger charge is 2.49. The van der Waals surface area contributed by atoms with Crippen LogP contribution in [-0.2, 0) is 41.2 Å². The summed E-state index contributed by atoms with van der Waals surface area (Å²) in [7, 11) is -12.9. The van der Waals surface area contributed by atoms with Crippen molar-refractivity contribution in [3.05, 3.63) is 106 Å². The monoisotopic (exact) mass is 996 g/mol. The first-order valence-corrected chi connectivity index (χ1v) is 27.6. The number of allylic oxidation sites excluding steroid dienone is 5. The molecule has 2 aromatic carbocycles. The molecular weight excluding hydrogens is 939 g/mol. The number of aromatic nitrogens is 1. The first-order chi connectivity index (χ1) is 31.3. The van der Waals surface area contributed by atoms with Crippen LogP contribution in [0.4, 0.5) is 11.4 Å². The molecule has 0 saturated heterocycles. The molecule has 5 N–H and O–H groups in total. The van der Waals surface area contributed by atoms with Crippen molar-refractivity contribution in [2.45, 2.75) is 78.1 Å². The SMILES string of the molecule is C=C(C)c1ccc2c(c1)C(C)(C)/C(=C\C=C\C1=[N+](CCCS(=O)(=O)O)c3c(cc(-c4cc(C(=O)NCC)nc(C(=O)NCCS(=O)(=O)O)c4)c4sccc34)[C@]1(C)CCC)N2CCCS(=O)(=O)O. The van der Waals surface area contributed by atoms with Gasteiger partial charge in [0.05, 0.1) is 28.1 Å². The lowest BCUT2D eigenvalue weighted by Crippen LogP contribution is -2.31. The average molecular weight is 997 g/mol. The summed E-state index contributed by atoms with van der Waals surface area (Å²) < 4.78 is 102. The van der Waals surface area contributed by atoms with Crippen molar-refractivity contribution < 1.29 is 53.1 Å². The van der Waals surface area contributed by atoms with Crippen LogP contribution in [0.2, 0.25) is 0 Å². The van der Waals surface area contributed by atoms with Gasteiger partial charge in [0.25, 0.3) is 42.2 Å². The van der Waals surface area contributed by atoms with E-state index in [-0.39, 0.29) is 37.3 Å². The van der Waals surface area contributed by atoms with E-state index in [1.807, 2.05) is 54.8 Å². The molecule has 6 rings (SSSR count). The van der Waals surface area contributed by atoms with Crippen molar-refractivity contribution in [3.8, 4) is 11.1 Å². The second-order valence-corrected chi connectivity index (χ2v) is 23.2. The van der Waals surface area contributed by atoms with Gasteiger partial charge < -0.3 is 15.5 Å². The fraction of sp³-hybridized carbons (Fsp3) is 0.404. The zero-order chi connectivity index (χ0) is 49.3. The Morgan fingerprint density at radius 3 is 2.12 bits per heavy atom. The van der Waals surface area contributed by atoms with E-state index < -0.39 is 76.8 Å². The van der Waals surface area contributed by atoms with Crippen LogP contribution in [0.1, 0.15) is 105 Å². The second kappa shape index (κ2) is 19.9. The van der Waals surface area contributed by atoms with Gasteiger partial charge in [-0.05, 0) is 98.2 Å². The number of carbonyl (C=O) groups is 2. The Morgan fingerprint density at radius 1 is 0.866 bits per heavy atom. The minimum Gasteiger partial charge on any atom is -0.351 e. The Balaban J connectivity index is 1.53. The molecule has 0 spiro atoms. The Kier molecular flexibility index (Phi) is 15.2. The fourth-order valence-electron chi connectivity index (χ4n) is 9.15. The molecule has 16 nitrogen and oxygen atoms in total. The topological polar surface area (TPSA) is 240 Å². The van der Waals surface area contributed by atoms with Crippen LogP contribution in [-0.4, -0.2) is 109 Å². The number of carbonyl (C=O) groups excluding carboxylic acids is 2. The van der Waals surface area contributed by atoms with Crippen LogP contribution in [0.25, 0.3) is 26.8 Å². The van der Waals surface area contributed by atoms with Crippen molar-refractivity contribution in [2.75, 3.05) is 48.3 Å². The maximum Gasteiger partial charge on any atom is 0.269 e. The van der Waals surface area contributed by atoms with Crippen molar-refractivity contribution in [3.63, 3.8) is 0 Å². The summed E-state index contributed by atoms with van der Waals surface area (Å²) in [5, 5.41) is 7.93. The molecule has 4 aromatic rings. The Morgan fingerprint density at radius 2 is 1.51 bits per heavy atom. The molecule has 1 atom stereocenters. The van der Waals surface area contributed by atoms with E-state index in [0.29, 0.717) is 24.1 Å². The molecule has 20 heteroatoms. The van der Waals surface area contributed by atoms with E-state index >= 15 is 0 Å². The predicted molar refractivity (Wildman–Crippen MR) is 265 cm³/mol. The number of hydrogen-bond donors (Lipinski definition) is 5. The number of rotatable bonds is 20. The molecule has 2 aliphatic heterocycles. The molecule has 0 unspecified atom stereocenters. The van der Waals surface area contributed by atoms with Gasteiger partial charge in [-0.15, -0.1) is 11.3 Å². The Labute approximate surface area is 396 Å². The van der Waals surface area contributed by atoms with Gasteiger partial charge in [0.15, 0.2) is 5.71 Å². The highest BCUT2D eigenvalue weighted by molar-refractivity contribution is 7.86. The molecule has 67 heavy (non-hydrogen) atoms. The molecule has 0 bridgehead atoms. The summed E-state index contributed by atoms with van der Waals surface area (Å²) in [6.45, 7) is 16.6. The number of pyridine rings is 1. The molecule has 2 aromatic heterocycles. The van der Waals surface area contributed by atoms with Gasteiger partial charge in [0, 0.05) is 64.8 Å². The van der Waals surface area contributed by atoms with Gasteiger partial charge in [0.1, 0.15) is 17.9 Å². The summed E-state index contributed by atoms with van der Waals surface area (Å²) in [5.41, 5.74) is 7.03. The van der Waals surface area contributed by atoms with E-state index in [1.165, 1.54) is 17.4 Å². The van der Waals surface area contributed by atoms with Gasteiger partial charge >= 0.3 is 0 Å². The summed E-state index contributed by atoms with van der Waals surface area (Å²) >= 11 is 1.43. The van der Waals surface area contributed by atoms with Gasteiger partial charge in [-0.25, -0.2) is 4.98 Å². The third kappa shape index (κ3) is 11.4. The predicted octanol–water partition coefficient (Wildman–Crippen LogP) is 7.31. The number of fused-ring (bicyclic) bond motifs is 4. The van der Waals surface area contributed by atoms with Gasteiger partial charge in [0.2, 0.25) is 5.69 Å². The lowest BCUT2D eigenvalue weighted by molar-refractivity contribution is -0.435. The van der Waals surface area contributed by atoms with Crippen molar-refractivity contribution in [1.29, 1.82) is 0 Å². The van der Waals surface area contributed by atoms with Gasteiger partial charge in [-0.1, -0.05) is 51.5 Å². The minimum atomic E-state index is -4.37. The molecule has 4 heterocycles. The number of hydrogen-bond acceptors (Lipinski definition) is 11. The van der Waals surface area contributed by atoms with Crippen LogP contribution in [0, 0.1) is 0 Å². The summed E-state index contributed by atoms with van der Waals surface area (Å²) in [4.78, 5) is 33.2. The number of anilines is 1. The highest BCUT2D eigenvalue weighted by Crippen LogP contribution is 2.52. The van der Waals surface area contributed by atoms with Crippen LogP contribution >= 0.6 is 11.3 Å². The van der Waals surface area contributed by atoms with E-state index in [9.17, 15) is 48.5 Å². The van der Waals surface area contributed by atoms with E-state index in [0.717, 1.165) is 61.6 Å². The maximum absolute atomic E-state index is 13.4. The molecule has 0 aliphatic carbocycles. The summed E-state index contributed by atoms with van der Waals surface area (Å²) in [5.74, 6) is -2.88. The Hall–Kier alpha value is -5.09. The molecular formula is C47H58N5O11S4+. The van der Waals surface area contributed by atoms with Crippen LogP contribution in [0.15, 0.2) is 78.3 Å². The summed E-state index contributed by atoms with van der Waals surface area (Å²) in [6, 6.07) is 13.2. The fourth-order valence-corrected chi connectivity index (χ4v) is 11.4. The van der Waals surface area contributed by atoms with E-state index in [2.05, 4.69) is 65.4 Å². The van der Waals surface area contributed by atoms with Crippen LogP contribution < -0.4 is 15.5 Å². The van der Waals surface area contributed by atoms with Gasteiger partial charge in [-0.3, -0.25) is 23.2 Å². The number of amides is 2. The lowest BCUT2D eigenvalue weighted by Gasteiger charge is -2.27. The summed E-state index contributed by atoms with van der Waals surface area (Å²) in [6.07, 6.45) is 7.61. The smallest absolute Gasteiger partial charge is 0.269 e. The van der Waals surface area contributed by atoms with Crippen molar-refractivity contribution >= 4 is 86.3 Å². The number of thiophene rings is 1. The zero-order valence-corrected chi connectivity index (χ0v) is 41.7. The Bertz CT molecular complexity index is 3080. The third-order valence-corrected chi connectivity index (χ3v) is 15.5. The molecule has 2 amide bonds. The standard InChI is InChI=1S/C47H57N5O11S4/c1-8-18-47(7)36-29-34(32-27-37(44(53)48-9-2)50-38(28-32)45(54)49-19-25-67(61,62)63)43-33(17-22-64-43)42(36)52(21-12-24-66(58,59)60)41(47)14-10-13-40-46(5,6)35-26-31(30(3)4)15-16-39(35)51(40)20-11-23-65(55,56)57/h10,13-17,22,26-29H,3,8-9,11-12,18-21,23-25H2,1-2,4-7H3,(H4-,48,49,53,54,55,56,57,58,59,60,61,62,63)/p+1/t47-/m0/s1. The second-order valence-electron chi connectivity index (χ2n) is 17.6. The minimum absolute atomic E-state index is 0.0456. The molecule has 0 fully saturated rings. The van der Waals surface area contributed by atoms with Gasteiger partial charge in [-0.2, -0.15) is 29.8 Å². The maximum atomic E-state index is 13.4. The normalized spacial score (nSPS) is 17.7. The molecule has 0 saturated carbocycles. The van der Waals surface area contributed by atoms with Crippen LogP contribution in [0.5, 0.6) is 0 Å². The number of nitrogens with zero attached hydrogens (tertiary/aromatic N) is 3. The quantitative estimate of drug-likeness (QED) is 0.0432. The zero-order valence-electron chi connectivity index (χ0n) is 38.4. The average Bonchev–Trinajstić information content (AvgIpc) is 3.86. The highest BCUT2D eigenvalue weighted by atomic mass is 32.2. The van der Waals surface area contributed by atoms with Crippen LogP contribution in [0.3, 0.4) is 0 Å². The molecule has 360 valence electrons. The van der Waals surface area contributed by atoms with Crippen molar-refractivity contribution in [2.24, 2.45) is 0 Å². The van der Waals surface area contributed by atoms with E-state index in [4.69, 9.17) is 0 Å². The number of nitrogens with one attached hydrogen (secondary N) is 2. The largest absolute Gasteiger partial charge is 0.351 e. The van der Waals surface area contributed by atoms with E-state index in [1.54, 1.807) is 13.0 Å². The lowest BCUT2D eigenvalue weighted by atomic mass is 9.74. The molecule has 0 radical (unpaired) electrons. The third-order valence-electron chi connectivity index (χ3n) is 12.2.